The molecule has 2 heteroatoms. The van der Waals surface area contributed by atoms with E-state index in [1.165, 1.54) is 89.3 Å². The van der Waals surface area contributed by atoms with Gasteiger partial charge < -0.3 is 5.48 Å². The van der Waals surface area contributed by atoms with Crippen molar-refractivity contribution in [2.24, 2.45) is 0 Å². The van der Waals surface area contributed by atoms with Crippen LogP contribution in [-0.2, 0) is 0 Å². The van der Waals surface area contributed by atoms with E-state index in [-0.39, 0.29) is 5.48 Å². The summed E-state index contributed by atoms with van der Waals surface area (Å²) in [5.74, 6) is 0. The number of hydrogen-bond donors (Lipinski definition) is 0. The normalized spacial score (nSPS) is 11.3. The Morgan fingerprint density at radius 3 is 1.50 bits per heavy atom. The molecule has 0 spiro atoms. The first kappa shape index (κ1) is 23.1. The zero-order valence-corrected chi connectivity index (χ0v) is 16.5. The first-order valence-corrected chi connectivity index (χ1v) is 10.1. The number of para-hydroxylation sites is 1. The van der Waals surface area contributed by atoms with Gasteiger partial charge in [-0.1, -0.05) is 89.3 Å². The second-order valence-corrected chi connectivity index (χ2v) is 7.63. The Balaban J connectivity index is 0.00000529. The largest absolute Gasteiger partial charge is 0.870 e. The Kier molecular flexibility index (Phi) is 14.0. The molecule has 0 amide bonds. The molecule has 0 aliphatic rings. The summed E-state index contributed by atoms with van der Waals surface area (Å²) in [6, 6.07) is 10.9. The first-order valence-electron chi connectivity index (χ1n) is 10.1. The van der Waals surface area contributed by atoms with Gasteiger partial charge in [0.15, 0.2) is 0 Å². The fraction of sp³-hybridized carbons (Fsp3) is 0.727. The minimum absolute atomic E-state index is 0. The van der Waals surface area contributed by atoms with E-state index in [1.54, 1.807) is 0 Å². The average Bonchev–Trinajstić information content (AvgIpc) is 2.56. The van der Waals surface area contributed by atoms with Gasteiger partial charge >= 0.3 is 0 Å². The lowest BCUT2D eigenvalue weighted by atomic mass is 10.1. The maximum absolute atomic E-state index is 2.33. The number of unbranched alkanes of at least 4 members (excludes halogenated alkanes) is 11. The van der Waals surface area contributed by atoms with Gasteiger partial charge in [0.25, 0.3) is 0 Å². The highest BCUT2D eigenvalue weighted by atomic mass is 16.0. The smallest absolute Gasteiger partial charge is 0.132 e. The summed E-state index contributed by atoms with van der Waals surface area (Å²) in [5.41, 5.74) is 1.43. The van der Waals surface area contributed by atoms with Crippen LogP contribution >= 0.6 is 0 Å². The summed E-state index contributed by atoms with van der Waals surface area (Å²) < 4.78 is 1.01. The molecule has 0 heterocycles. The molecule has 0 atom stereocenters. The molecular weight excluding hydrogens is 294 g/mol. The maximum atomic E-state index is 2.33. The summed E-state index contributed by atoms with van der Waals surface area (Å²) in [7, 11) is 4.65. The molecule has 1 rings (SSSR count). The molecule has 0 radical (unpaired) electrons. The van der Waals surface area contributed by atoms with Crippen molar-refractivity contribution in [3.63, 3.8) is 0 Å². The predicted molar refractivity (Wildman–Crippen MR) is 108 cm³/mol. The van der Waals surface area contributed by atoms with Gasteiger partial charge in [0.1, 0.15) is 5.69 Å². The van der Waals surface area contributed by atoms with E-state index in [1.807, 2.05) is 0 Å². The number of quaternary nitrogens is 1. The molecule has 2 nitrogen and oxygen atoms in total. The van der Waals surface area contributed by atoms with Crippen LogP contribution in [0.4, 0.5) is 5.69 Å². The Morgan fingerprint density at radius 2 is 1.04 bits per heavy atom. The van der Waals surface area contributed by atoms with Crippen molar-refractivity contribution in [1.29, 1.82) is 0 Å². The van der Waals surface area contributed by atoms with Crippen molar-refractivity contribution in [1.82, 2.24) is 4.48 Å². The summed E-state index contributed by atoms with van der Waals surface area (Å²) in [6.45, 7) is 3.54. The molecule has 0 aromatic heterocycles. The van der Waals surface area contributed by atoms with E-state index in [4.69, 9.17) is 0 Å². The maximum Gasteiger partial charge on any atom is 0.132 e. The quantitative estimate of drug-likeness (QED) is 0.272. The zero-order valence-electron chi connectivity index (χ0n) is 16.5. The third-order valence-electron chi connectivity index (χ3n) is 5.03. The molecule has 0 saturated heterocycles. The van der Waals surface area contributed by atoms with Crippen LogP contribution in [0.3, 0.4) is 0 Å². The van der Waals surface area contributed by atoms with Crippen molar-refractivity contribution in [2.75, 3.05) is 20.6 Å². The fourth-order valence-electron chi connectivity index (χ4n) is 3.31. The highest BCUT2D eigenvalue weighted by Gasteiger charge is 2.17. The average molecular weight is 336 g/mol. The van der Waals surface area contributed by atoms with Gasteiger partial charge in [-0.15, -0.1) is 0 Å². The first-order chi connectivity index (χ1) is 11.2. The SMILES string of the molecule is CCCCCCCCCCCCCC[N+](C)(C)c1ccccc1.[OH-]. The van der Waals surface area contributed by atoms with Crippen LogP contribution in [0.25, 0.3) is 0 Å². The van der Waals surface area contributed by atoms with E-state index in [2.05, 4.69) is 51.4 Å². The van der Waals surface area contributed by atoms with Crippen molar-refractivity contribution in [3.05, 3.63) is 30.3 Å². The molecule has 0 aliphatic heterocycles. The Morgan fingerprint density at radius 1 is 0.625 bits per heavy atom. The van der Waals surface area contributed by atoms with Crippen molar-refractivity contribution >= 4 is 5.69 Å². The summed E-state index contributed by atoms with van der Waals surface area (Å²) >= 11 is 0. The number of hydrogen-bond acceptors (Lipinski definition) is 1. The highest BCUT2D eigenvalue weighted by Crippen LogP contribution is 2.19. The Labute approximate surface area is 151 Å². The van der Waals surface area contributed by atoms with Gasteiger partial charge in [0.05, 0.1) is 20.6 Å². The van der Waals surface area contributed by atoms with Crippen molar-refractivity contribution in [3.8, 4) is 0 Å². The third-order valence-corrected chi connectivity index (χ3v) is 5.03. The molecule has 0 saturated carbocycles. The minimum Gasteiger partial charge on any atom is -0.870 e. The molecule has 140 valence electrons. The van der Waals surface area contributed by atoms with Crippen LogP contribution in [0.1, 0.15) is 84.0 Å². The van der Waals surface area contributed by atoms with Gasteiger partial charge in [-0.05, 0) is 25.0 Å². The van der Waals surface area contributed by atoms with Crippen LogP contribution in [0, 0.1) is 0 Å². The van der Waals surface area contributed by atoms with Crippen LogP contribution in [0.5, 0.6) is 0 Å². The summed E-state index contributed by atoms with van der Waals surface area (Å²) in [6.07, 6.45) is 17.1. The van der Waals surface area contributed by atoms with Crippen LogP contribution in [-0.4, -0.2) is 26.1 Å². The van der Waals surface area contributed by atoms with Crippen LogP contribution in [0.15, 0.2) is 30.3 Å². The number of nitrogens with zero attached hydrogens (tertiary/aromatic N) is 1. The second-order valence-electron chi connectivity index (χ2n) is 7.63. The number of benzene rings is 1. The molecule has 0 unspecified atom stereocenters. The molecule has 1 N–H and O–H groups in total. The van der Waals surface area contributed by atoms with E-state index in [9.17, 15) is 0 Å². The van der Waals surface area contributed by atoms with Gasteiger partial charge in [-0.25, -0.2) is 0 Å². The zero-order chi connectivity index (χ0) is 16.8. The van der Waals surface area contributed by atoms with Gasteiger partial charge in [-0.2, -0.15) is 0 Å². The molecule has 0 fully saturated rings. The van der Waals surface area contributed by atoms with Crippen LogP contribution < -0.4 is 4.48 Å². The minimum atomic E-state index is 0. The lowest BCUT2D eigenvalue weighted by molar-refractivity contribution is 0.380. The lowest BCUT2D eigenvalue weighted by Gasteiger charge is -2.29. The molecule has 1 aromatic rings. The fourth-order valence-corrected chi connectivity index (χ4v) is 3.31. The number of rotatable bonds is 14. The van der Waals surface area contributed by atoms with Gasteiger partial charge in [0, 0.05) is 0 Å². The Hall–Kier alpha value is -0.860. The third kappa shape index (κ3) is 10.8. The van der Waals surface area contributed by atoms with Gasteiger partial charge in [-0.3, -0.25) is 4.48 Å². The highest BCUT2D eigenvalue weighted by molar-refractivity contribution is 5.40. The van der Waals surface area contributed by atoms with Crippen LogP contribution in [0.2, 0.25) is 0 Å². The van der Waals surface area contributed by atoms with Gasteiger partial charge in [0.2, 0.25) is 0 Å². The van der Waals surface area contributed by atoms with E-state index >= 15 is 0 Å². The summed E-state index contributed by atoms with van der Waals surface area (Å²) in [5, 5.41) is 0. The monoisotopic (exact) mass is 335 g/mol. The molecule has 0 bridgehead atoms. The van der Waals surface area contributed by atoms with Crippen molar-refractivity contribution < 1.29 is 5.48 Å². The molecule has 1 aromatic carbocycles. The molecular formula is C22H41NO. The Bertz CT molecular complexity index is 375. The topological polar surface area (TPSA) is 30.0 Å². The summed E-state index contributed by atoms with van der Waals surface area (Å²) in [4.78, 5) is 0. The standard InChI is InChI=1S/C22H40N.H2O/c1-4-5-6-7-8-9-10-11-12-13-14-18-21-23(2,3)22-19-16-15-17-20-22;/h15-17,19-20H,4-14,18,21H2,1-3H3;1H2/q+1;/p-1. The molecule has 0 aliphatic carbocycles. The predicted octanol–water partition coefficient (Wildman–Crippen LogP) is 6.78. The van der Waals surface area contributed by atoms with E-state index in [0.717, 1.165) is 4.48 Å². The molecule has 24 heavy (non-hydrogen) atoms. The van der Waals surface area contributed by atoms with Crippen molar-refractivity contribution in [2.45, 2.75) is 84.0 Å². The van der Waals surface area contributed by atoms with E-state index in [0.29, 0.717) is 0 Å². The van der Waals surface area contributed by atoms with E-state index < -0.39 is 0 Å². The lowest BCUT2D eigenvalue weighted by Crippen LogP contribution is -2.41. The second kappa shape index (κ2) is 14.5.